The molecule has 0 bridgehead atoms. The molecule has 0 fully saturated rings. The number of thioether (sulfide) groups is 1. The highest BCUT2D eigenvalue weighted by molar-refractivity contribution is 8.00. The zero-order valence-corrected chi connectivity index (χ0v) is 11.7. The maximum Gasteiger partial charge on any atom is 0.0481 e. The molecule has 1 aromatic rings. The fourth-order valence-electron chi connectivity index (χ4n) is 1.91. The van der Waals surface area contributed by atoms with Crippen LogP contribution in [0.5, 0.6) is 0 Å². The fraction of sp³-hybridized carbons (Fsp3) is 0.571. The summed E-state index contributed by atoms with van der Waals surface area (Å²) in [5.74, 6) is 0. The number of nitrogens with one attached hydrogen (secondary N) is 1. The van der Waals surface area contributed by atoms with Crippen LogP contribution in [0.3, 0.4) is 0 Å². The highest BCUT2D eigenvalue weighted by Gasteiger charge is 2.29. The Morgan fingerprint density at radius 1 is 1.19 bits per heavy atom. The molecular formula is C14H21NS. The Balaban J connectivity index is 2.31. The van der Waals surface area contributed by atoms with Crippen molar-refractivity contribution >= 4 is 17.4 Å². The van der Waals surface area contributed by atoms with Crippen molar-refractivity contribution in [2.75, 3.05) is 11.9 Å². The summed E-state index contributed by atoms with van der Waals surface area (Å²) in [6.07, 6.45) is 0. The zero-order valence-electron chi connectivity index (χ0n) is 10.8. The maximum atomic E-state index is 3.57. The lowest BCUT2D eigenvalue weighted by atomic mass is 9.91. The first kappa shape index (κ1) is 11.8. The van der Waals surface area contributed by atoms with Crippen molar-refractivity contribution in [2.24, 2.45) is 5.41 Å². The molecule has 2 rings (SSSR count). The number of fused-ring (bicyclic) bond motifs is 1. The molecule has 1 aliphatic rings. The van der Waals surface area contributed by atoms with Crippen LogP contribution in [0.2, 0.25) is 0 Å². The zero-order chi connectivity index (χ0) is 11.9. The van der Waals surface area contributed by atoms with Gasteiger partial charge >= 0.3 is 0 Å². The van der Waals surface area contributed by atoms with E-state index in [1.807, 2.05) is 11.8 Å². The molecule has 0 aliphatic carbocycles. The Kier molecular flexibility index (Phi) is 2.95. The molecule has 0 spiro atoms. The lowest BCUT2D eigenvalue weighted by molar-refractivity contribution is 0.401. The van der Waals surface area contributed by atoms with Crippen LogP contribution >= 0.6 is 11.8 Å². The van der Waals surface area contributed by atoms with Gasteiger partial charge in [0.2, 0.25) is 0 Å². The second kappa shape index (κ2) is 3.99. The van der Waals surface area contributed by atoms with Gasteiger partial charge in [-0.1, -0.05) is 20.8 Å². The van der Waals surface area contributed by atoms with Crippen LogP contribution in [0.15, 0.2) is 17.0 Å². The average molecular weight is 235 g/mol. The highest BCUT2D eigenvalue weighted by atomic mass is 32.2. The molecule has 1 heterocycles. The monoisotopic (exact) mass is 235 g/mol. The quantitative estimate of drug-likeness (QED) is 0.722. The van der Waals surface area contributed by atoms with Crippen LogP contribution in [-0.4, -0.2) is 11.8 Å². The Labute approximate surface area is 103 Å². The summed E-state index contributed by atoms with van der Waals surface area (Å²) < 4.78 is 0. The van der Waals surface area contributed by atoms with Crippen LogP contribution in [0.4, 0.5) is 5.69 Å². The summed E-state index contributed by atoms with van der Waals surface area (Å²) in [5.41, 5.74) is 4.44. The number of benzene rings is 1. The van der Waals surface area contributed by atoms with E-state index in [1.54, 1.807) is 0 Å². The van der Waals surface area contributed by atoms with Crippen molar-refractivity contribution < 1.29 is 0 Å². The smallest absolute Gasteiger partial charge is 0.0481 e. The molecule has 2 heteroatoms. The van der Waals surface area contributed by atoms with Crippen molar-refractivity contribution in [1.29, 1.82) is 0 Å². The molecule has 0 saturated carbocycles. The molecule has 16 heavy (non-hydrogen) atoms. The molecule has 1 aliphatic heterocycles. The van der Waals surface area contributed by atoms with Crippen LogP contribution in [0.25, 0.3) is 0 Å². The molecular weight excluding hydrogens is 214 g/mol. The molecule has 1 nitrogen and oxygen atoms in total. The number of anilines is 1. The first-order valence-corrected chi connectivity index (χ1v) is 6.77. The van der Waals surface area contributed by atoms with Crippen molar-refractivity contribution in [2.45, 2.75) is 44.8 Å². The van der Waals surface area contributed by atoms with E-state index in [0.29, 0.717) is 10.7 Å². The minimum absolute atomic E-state index is 0.355. The van der Waals surface area contributed by atoms with Crippen LogP contribution in [-0.2, 0) is 0 Å². The Morgan fingerprint density at radius 3 is 2.44 bits per heavy atom. The van der Waals surface area contributed by atoms with Crippen LogP contribution < -0.4 is 5.32 Å². The lowest BCUT2D eigenvalue weighted by Gasteiger charge is -2.35. The second-order valence-corrected chi connectivity index (χ2v) is 7.03. The SMILES string of the molecule is Cc1cc2c(cc1C)SC(C(C)(C)C)CN2. The number of hydrogen-bond donors (Lipinski definition) is 1. The Bertz CT molecular complexity index is 404. The first-order valence-electron chi connectivity index (χ1n) is 5.90. The predicted molar refractivity (Wildman–Crippen MR) is 73.5 cm³/mol. The lowest BCUT2D eigenvalue weighted by Crippen LogP contribution is -2.33. The van der Waals surface area contributed by atoms with E-state index in [9.17, 15) is 0 Å². The molecule has 1 atom stereocenters. The molecule has 0 aromatic heterocycles. The average Bonchev–Trinajstić information content (AvgIpc) is 2.17. The van der Waals surface area contributed by atoms with E-state index in [-0.39, 0.29) is 0 Å². The van der Waals surface area contributed by atoms with Gasteiger partial charge in [-0.2, -0.15) is 0 Å². The third-order valence-corrected chi connectivity index (χ3v) is 5.06. The summed E-state index contributed by atoms with van der Waals surface area (Å²) >= 11 is 2.02. The van der Waals surface area contributed by atoms with Crippen molar-refractivity contribution in [3.8, 4) is 0 Å². The van der Waals surface area contributed by atoms with E-state index >= 15 is 0 Å². The van der Waals surface area contributed by atoms with E-state index in [1.165, 1.54) is 21.7 Å². The summed E-state index contributed by atoms with van der Waals surface area (Å²) in [6, 6.07) is 4.59. The van der Waals surface area contributed by atoms with Gasteiger partial charge in [0, 0.05) is 22.4 Å². The Morgan fingerprint density at radius 2 is 1.81 bits per heavy atom. The normalized spacial score (nSPS) is 20.2. The molecule has 1 unspecified atom stereocenters. The van der Waals surface area contributed by atoms with Gasteiger partial charge in [0.25, 0.3) is 0 Å². The van der Waals surface area contributed by atoms with Gasteiger partial charge in [-0.15, -0.1) is 11.8 Å². The topological polar surface area (TPSA) is 12.0 Å². The van der Waals surface area contributed by atoms with Gasteiger partial charge in [-0.3, -0.25) is 0 Å². The van der Waals surface area contributed by atoms with E-state index in [2.05, 4.69) is 52.1 Å². The Hall–Kier alpha value is -0.630. The van der Waals surface area contributed by atoms with Crippen LogP contribution in [0, 0.1) is 19.3 Å². The third-order valence-electron chi connectivity index (χ3n) is 3.31. The standard InChI is InChI=1S/C14H21NS/c1-9-6-11-12(7-10(9)2)16-13(8-15-11)14(3,4)5/h6-7,13,15H,8H2,1-5H3. The molecule has 0 amide bonds. The number of hydrogen-bond acceptors (Lipinski definition) is 2. The molecule has 1 N–H and O–H groups in total. The summed E-state index contributed by atoms with van der Waals surface area (Å²) in [7, 11) is 0. The van der Waals surface area contributed by atoms with Gasteiger partial charge in [-0.25, -0.2) is 0 Å². The second-order valence-electron chi connectivity index (χ2n) is 5.79. The van der Waals surface area contributed by atoms with Gasteiger partial charge in [0.05, 0.1) is 0 Å². The van der Waals surface area contributed by atoms with Crippen LogP contribution in [0.1, 0.15) is 31.9 Å². The van der Waals surface area contributed by atoms with Crippen molar-refractivity contribution in [3.05, 3.63) is 23.3 Å². The first-order chi connectivity index (χ1) is 7.38. The van der Waals surface area contributed by atoms with Gasteiger partial charge in [0.15, 0.2) is 0 Å². The predicted octanol–water partition coefficient (Wildman–Crippen LogP) is 4.24. The number of aryl methyl sites for hydroxylation is 2. The van der Waals surface area contributed by atoms with Gasteiger partial charge < -0.3 is 5.32 Å². The molecule has 0 radical (unpaired) electrons. The van der Waals surface area contributed by atoms with E-state index in [4.69, 9.17) is 0 Å². The van der Waals surface area contributed by atoms with Gasteiger partial charge in [-0.05, 0) is 42.5 Å². The highest BCUT2D eigenvalue weighted by Crippen LogP contribution is 2.42. The minimum Gasteiger partial charge on any atom is -0.383 e. The summed E-state index contributed by atoms with van der Waals surface area (Å²) in [6.45, 7) is 12.4. The van der Waals surface area contributed by atoms with E-state index in [0.717, 1.165) is 6.54 Å². The summed E-state index contributed by atoms with van der Waals surface area (Å²) in [4.78, 5) is 1.41. The van der Waals surface area contributed by atoms with Crippen molar-refractivity contribution in [3.63, 3.8) is 0 Å². The fourth-order valence-corrected chi connectivity index (χ4v) is 3.24. The van der Waals surface area contributed by atoms with Gasteiger partial charge in [0.1, 0.15) is 0 Å². The van der Waals surface area contributed by atoms with E-state index < -0.39 is 0 Å². The largest absolute Gasteiger partial charge is 0.383 e. The third kappa shape index (κ3) is 2.22. The molecule has 88 valence electrons. The minimum atomic E-state index is 0.355. The number of rotatable bonds is 0. The molecule has 1 aromatic carbocycles. The maximum absolute atomic E-state index is 3.57. The molecule has 0 saturated heterocycles. The summed E-state index contributed by atoms with van der Waals surface area (Å²) in [5, 5.41) is 4.22. The van der Waals surface area contributed by atoms with Crippen molar-refractivity contribution in [1.82, 2.24) is 0 Å².